The number of amides is 4. The smallest absolute Gasteiger partial charge is 0.272 e. The van der Waals surface area contributed by atoms with Crippen LogP contribution in [0.1, 0.15) is 33.5 Å². The summed E-state index contributed by atoms with van der Waals surface area (Å²) in [5, 5.41) is 15.8. The molecule has 0 saturated carbocycles. The van der Waals surface area contributed by atoms with Crippen LogP contribution in [0.15, 0.2) is 108 Å². The number of thioether (sulfide) groups is 1. The summed E-state index contributed by atoms with van der Waals surface area (Å²) >= 11 is 1.28. The Morgan fingerprint density at radius 2 is 1.53 bits per heavy atom. The average molecular weight is 621 g/mol. The second-order valence-corrected chi connectivity index (χ2v) is 11.6. The van der Waals surface area contributed by atoms with Gasteiger partial charge in [0.2, 0.25) is 11.8 Å². The number of nitro benzene ring substituents is 1. The van der Waals surface area contributed by atoms with Crippen molar-refractivity contribution < 1.29 is 24.1 Å². The molecular formula is C34H28N4O6S. The van der Waals surface area contributed by atoms with Crippen LogP contribution >= 0.6 is 11.8 Å². The number of benzene rings is 4. The Bertz CT molecular complexity index is 1800. The van der Waals surface area contributed by atoms with E-state index in [2.05, 4.69) is 10.6 Å². The van der Waals surface area contributed by atoms with Crippen LogP contribution in [0.4, 0.5) is 17.1 Å². The fourth-order valence-electron chi connectivity index (χ4n) is 4.87. The second-order valence-electron chi connectivity index (χ2n) is 10.3. The van der Waals surface area contributed by atoms with Gasteiger partial charge < -0.3 is 10.6 Å². The standard InChI is InChI=1S/C34H28N4O6S/c1-21-7-6-8-22(2)31(21)37-30(39)20-29(34(37)42)45-27-17-13-25(14-18-27)35-33(41)28(36-32(40)24-9-4-3-5-10-24)19-23-11-15-26(16-12-23)38(43)44/h3-19,29H,20H2,1-2H3,(H,35,41)(H,36,40)/b28-19-. The molecule has 1 saturated heterocycles. The van der Waals surface area contributed by atoms with Crippen LogP contribution < -0.4 is 15.5 Å². The van der Waals surface area contributed by atoms with Crippen LogP contribution in [0.5, 0.6) is 0 Å². The summed E-state index contributed by atoms with van der Waals surface area (Å²) in [5.74, 6) is -1.63. The van der Waals surface area contributed by atoms with E-state index in [1.54, 1.807) is 54.6 Å². The fourth-order valence-corrected chi connectivity index (χ4v) is 5.92. The van der Waals surface area contributed by atoms with Crippen molar-refractivity contribution >= 4 is 58.5 Å². The van der Waals surface area contributed by atoms with E-state index in [1.807, 2.05) is 32.0 Å². The lowest BCUT2D eigenvalue weighted by Gasteiger charge is -2.19. The Morgan fingerprint density at radius 3 is 2.16 bits per heavy atom. The number of hydrogen-bond acceptors (Lipinski definition) is 7. The third-order valence-electron chi connectivity index (χ3n) is 7.10. The predicted molar refractivity (Wildman–Crippen MR) is 173 cm³/mol. The van der Waals surface area contributed by atoms with Crippen LogP contribution in [0.2, 0.25) is 0 Å². The zero-order valence-corrected chi connectivity index (χ0v) is 25.2. The third kappa shape index (κ3) is 7.16. The molecule has 0 aliphatic carbocycles. The van der Waals surface area contributed by atoms with Gasteiger partial charge >= 0.3 is 0 Å². The normalized spacial score (nSPS) is 14.8. The third-order valence-corrected chi connectivity index (χ3v) is 8.30. The van der Waals surface area contributed by atoms with E-state index in [0.29, 0.717) is 22.5 Å². The minimum absolute atomic E-state index is 0.0715. The summed E-state index contributed by atoms with van der Waals surface area (Å²) in [4.78, 5) is 64.8. The number of nitrogens with one attached hydrogen (secondary N) is 2. The molecule has 5 rings (SSSR count). The zero-order chi connectivity index (χ0) is 32.1. The summed E-state index contributed by atoms with van der Waals surface area (Å²) in [6.07, 6.45) is 1.50. The summed E-state index contributed by atoms with van der Waals surface area (Å²) in [7, 11) is 0. The van der Waals surface area contributed by atoms with Crippen molar-refractivity contribution in [2.75, 3.05) is 10.2 Å². The lowest BCUT2D eigenvalue weighted by atomic mass is 10.1. The molecule has 1 fully saturated rings. The summed E-state index contributed by atoms with van der Waals surface area (Å²) in [5.41, 5.74) is 3.40. The minimum atomic E-state index is -0.612. The summed E-state index contributed by atoms with van der Waals surface area (Å²) < 4.78 is 0. The van der Waals surface area contributed by atoms with Crippen molar-refractivity contribution in [1.29, 1.82) is 0 Å². The average Bonchev–Trinajstić information content (AvgIpc) is 3.30. The number of anilines is 2. The monoisotopic (exact) mass is 620 g/mol. The van der Waals surface area contributed by atoms with Crippen molar-refractivity contribution in [1.82, 2.24) is 5.32 Å². The topological polar surface area (TPSA) is 139 Å². The zero-order valence-electron chi connectivity index (χ0n) is 24.4. The maximum atomic E-state index is 13.3. The van der Waals surface area contributed by atoms with Gasteiger partial charge in [0.05, 0.1) is 15.9 Å². The largest absolute Gasteiger partial charge is 0.321 e. The van der Waals surface area contributed by atoms with Crippen molar-refractivity contribution in [3.8, 4) is 0 Å². The molecule has 4 aromatic rings. The van der Waals surface area contributed by atoms with Gasteiger partial charge in [0.25, 0.3) is 17.5 Å². The highest BCUT2D eigenvalue weighted by Crippen LogP contribution is 2.36. The van der Waals surface area contributed by atoms with Crippen LogP contribution in [0.3, 0.4) is 0 Å². The molecule has 45 heavy (non-hydrogen) atoms. The highest BCUT2D eigenvalue weighted by Gasteiger charge is 2.41. The quantitative estimate of drug-likeness (QED) is 0.101. The molecule has 1 aliphatic rings. The predicted octanol–water partition coefficient (Wildman–Crippen LogP) is 6.05. The molecule has 0 bridgehead atoms. The SMILES string of the molecule is Cc1cccc(C)c1N1C(=O)CC(Sc2ccc(NC(=O)/C(=C/c3ccc([N+](=O)[O-])cc3)NC(=O)c3ccccc3)cc2)C1=O. The molecule has 10 nitrogen and oxygen atoms in total. The van der Waals surface area contributed by atoms with Gasteiger partial charge in [-0.2, -0.15) is 0 Å². The van der Waals surface area contributed by atoms with E-state index < -0.39 is 22.0 Å². The molecule has 0 spiro atoms. The second kappa shape index (κ2) is 13.4. The Labute approximate surface area is 263 Å². The molecule has 1 atom stereocenters. The molecule has 1 heterocycles. The van der Waals surface area contributed by atoms with E-state index >= 15 is 0 Å². The number of para-hydroxylation sites is 1. The number of nitro groups is 1. The number of rotatable bonds is 9. The highest BCUT2D eigenvalue weighted by atomic mass is 32.2. The van der Waals surface area contributed by atoms with Crippen molar-refractivity contribution in [3.05, 3.63) is 135 Å². The van der Waals surface area contributed by atoms with Crippen molar-refractivity contribution in [2.45, 2.75) is 30.4 Å². The summed E-state index contributed by atoms with van der Waals surface area (Å²) in [6.45, 7) is 3.74. The lowest BCUT2D eigenvalue weighted by Crippen LogP contribution is -2.32. The van der Waals surface area contributed by atoms with Crippen molar-refractivity contribution in [3.63, 3.8) is 0 Å². The molecule has 4 aromatic carbocycles. The van der Waals surface area contributed by atoms with E-state index in [9.17, 15) is 29.3 Å². The molecule has 4 amide bonds. The van der Waals surface area contributed by atoms with Crippen LogP contribution in [-0.2, 0) is 14.4 Å². The van der Waals surface area contributed by atoms with Crippen LogP contribution in [0, 0.1) is 24.0 Å². The van der Waals surface area contributed by atoms with E-state index in [4.69, 9.17) is 0 Å². The highest BCUT2D eigenvalue weighted by molar-refractivity contribution is 8.00. The number of imide groups is 1. The number of carbonyl (C=O) groups excluding carboxylic acids is 4. The molecular weight excluding hydrogens is 592 g/mol. The Morgan fingerprint density at radius 1 is 0.889 bits per heavy atom. The molecule has 2 N–H and O–H groups in total. The van der Waals surface area contributed by atoms with E-state index in [1.165, 1.54) is 47.0 Å². The Balaban J connectivity index is 1.30. The van der Waals surface area contributed by atoms with Gasteiger partial charge in [-0.25, -0.2) is 4.90 Å². The van der Waals surface area contributed by atoms with Gasteiger partial charge in [-0.05, 0) is 85.1 Å². The first-order chi connectivity index (χ1) is 21.6. The maximum Gasteiger partial charge on any atom is 0.272 e. The number of hydrogen-bond donors (Lipinski definition) is 2. The Hall–Kier alpha value is -5.55. The van der Waals surface area contributed by atoms with E-state index in [0.717, 1.165) is 16.0 Å². The van der Waals surface area contributed by atoms with Crippen molar-refractivity contribution in [2.24, 2.45) is 0 Å². The van der Waals surface area contributed by atoms with Gasteiger partial charge in [0, 0.05) is 34.7 Å². The molecule has 1 unspecified atom stereocenters. The van der Waals surface area contributed by atoms with Gasteiger partial charge in [-0.1, -0.05) is 36.4 Å². The van der Waals surface area contributed by atoms with Crippen LogP contribution in [-0.4, -0.2) is 33.8 Å². The molecule has 11 heteroatoms. The molecule has 0 aromatic heterocycles. The molecule has 0 radical (unpaired) electrons. The lowest BCUT2D eigenvalue weighted by molar-refractivity contribution is -0.384. The van der Waals surface area contributed by atoms with Gasteiger partial charge in [-0.3, -0.25) is 29.3 Å². The van der Waals surface area contributed by atoms with Gasteiger partial charge in [0.15, 0.2) is 0 Å². The van der Waals surface area contributed by atoms with E-state index in [-0.39, 0.29) is 29.6 Å². The van der Waals surface area contributed by atoms with Gasteiger partial charge in [0.1, 0.15) is 5.70 Å². The Kier molecular flexibility index (Phi) is 9.20. The first kappa shape index (κ1) is 30.9. The number of non-ortho nitro benzene ring substituents is 1. The number of nitrogens with zero attached hydrogens (tertiary/aromatic N) is 2. The number of aryl methyl sites for hydroxylation is 2. The first-order valence-electron chi connectivity index (χ1n) is 13.9. The maximum absolute atomic E-state index is 13.3. The number of carbonyl (C=O) groups is 4. The minimum Gasteiger partial charge on any atom is -0.321 e. The fraction of sp³-hybridized carbons (Fsp3) is 0.118. The summed E-state index contributed by atoms with van der Waals surface area (Å²) in [6, 6.07) is 26.4. The molecule has 1 aliphatic heterocycles. The molecule has 226 valence electrons. The first-order valence-corrected chi connectivity index (χ1v) is 14.8. The van der Waals surface area contributed by atoms with Crippen LogP contribution in [0.25, 0.3) is 6.08 Å². The van der Waals surface area contributed by atoms with Gasteiger partial charge in [-0.15, -0.1) is 11.8 Å².